The van der Waals surface area contributed by atoms with Gasteiger partial charge in [0.1, 0.15) is 0 Å². The van der Waals surface area contributed by atoms with Crippen LogP contribution in [0.3, 0.4) is 0 Å². The minimum Gasteiger partial charge on any atom is -0.329 e. The van der Waals surface area contributed by atoms with E-state index < -0.39 is 0 Å². The second-order valence-electron chi connectivity index (χ2n) is 4.31. The summed E-state index contributed by atoms with van der Waals surface area (Å²) in [5.41, 5.74) is 6.48. The Morgan fingerprint density at radius 3 is 3.00 bits per heavy atom. The highest BCUT2D eigenvalue weighted by atomic mass is 32.2. The Labute approximate surface area is 108 Å². The molecular formula is C11H23N5S. The molecule has 1 unspecified atom stereocenters. The minimum absolute atomic E-state index is 0.571. The van der Waals surface area contributed by atoms with E-state index in [1.165, 1.54) is 12.2 Å². The quantitative estimate of drug-likeness (QED) is 0.747. The molecule has 0 aliphatic heterocycles. The molecule has 0 aliphatic rings. The van der Waals surface area contributed by atoms with Crippen molar-refractivity contribution >= 4 is 11.8 Å². The van der Waals surface area contributed by atoms with E-state index in [0.717, 1.165) is 18.8 Å². The highest BCUT2D eigenvalue weighted by Crippen LogP contribution is 2.08. The molecule has 1 aromatic rings. The van der Waals surface area contributed by atoms with Gasteiger partial charge in [-0.25, -0.2) is 0 Å². The van der Waals surface area contributed by atoms with Gasteiger partial charge in [0, 0.05) is 25.3 Å². The van der Waals surface area contributed by atoms with E-state index in [2.05, 4.69) is 35.4 Å². The fourth-order valence-electron chi connectivity index (χ4n) is 1.57. The van der Waals surface area contributed by atoms with Crippen LogP contribution in [0, 0.1) is 0 Å². The SMILES string of the molecule is CSCCC(C)N(C)Cc1cn(CCN)nn1. The number of nitrogens with two attached hydrogens (primary N) is 1. The second kappa shape index (κ2) is 7.68. The van der Waals surface area contributed by atoms with Crippen LogP contribution in [-0.4, -0.2) is 51.5 Å². The van der Waals surface area contributed by atoms with Crippen LogP contribution < -0.4 is 5.73 Å². The maximum absolute atomic E-state index is 5.47. The summed E-state index contributed by atoms with van der Waals surface area (Å²) in [6, 6.07) is 0.571. The number of thioether (sulfide) groups is 1. The molecule has 1 atom stereocenters. The monoisotopic (exact) mass is 257 g/mol. The number of aromatic nitrogens is 3. The molecular weight excluding hydrogens is 234 g/mol. The van der Waals surface area contributed by atoms with Crippen LogP contribution in [0.5, 0.6) is 0 Å². The molecule has 0 spiro atoms. The predicted octanol–water partition coefficient (Wildman–Crippen LogP) is 0.810. The molecule has 1 aromatic heterocycles. The van der Waals surface area contributed by atoms with Crippen LogP contribution in [0.15, 0.2) is 6.20 Å². The van der Waals surface area contributed by atoms with Gasteiger partial charge in [-0.2, -0.15) is 11.8 Å². The number of hydrogen-bond acceptors (Lipinski definition) is 5. The van der Waals surface area contributed by atoms with Gasteiger partial charge >= 0.3 is 0 Å². The Morgan fingerprint density at radius 1 is 1.59 bits per heavy atom. The summed E-state index contributed by atoms with van der Waals surface area (Å²) in [7, 11) is 2.13. The molecule has 0 fully saturated rings. The van der Waals surface area contributed by atoms with Crippen LogP contribution >= 0.6 is 11.8 Å². The van der Waals surface area contributed by atoms with E-state index in [-0.39, 0.29) is 0 Å². The lowest BCUT2D eigenvalue weighted by atomic mass is 10.2. The lowest BCUT2D eigenvalue weighted by Crippen LogP contribution is -2.29. The van der Waals surface area contributed by atoms with Crippen LogP contribution in [0.1, 0.15) is 19.0 Å². The van der Waals surface area contributed by atoms with Crippen molar-refractivity contribution in [3.8, 4) is 0 Å². The van der Waals surface area contributed by atoms with Gasteiger partial charge in [0.05, 0.1) is 12.2 Å². The third-order valence-corrected chi connectivity index (χ3v) is 3.49. The van der Waals surface area contributed by atoms with Crippen LogP contribution in [0.25, 0.3) is 0 Å². The first-order valence-corrected chi connectivity index (χ1v) is 7.35. The van der Waals surface area contributed by atoms with Crippen molar-refractivity contribution in [2.75, 3.05) is 25.6 Å². The van der Waals surface area contributed by atoms with E-state index in [0.29, 0.717) is 12.6 Å². The first kappa shape index (κ1) is 14.5. The highest BCUT2D eigenvalue weighted by molar-refractivity contribution is 7.98. The Balaban J connectivity index is 2.40. The number of nitrogens with zero attached hydrogens (tertiary/aromatic N) is 4. The predicted molar refractivity (Wildman–Crippen MR) is 73.0 cm³/mol. The van der Waals surface area contributed by atoms with Crippen molar-refractivity contribution in [1.82, 2.24) is 19.9 Å². The van der Waals surface area contributed by atoms with E-state index in [4.69, 9.17) is 5.73 Å². The molecule has 0 saturated heterocycles. The van der Waals surface area contributed by atoms with E-state index in [9.17, 15) is 0 Å². The Bertz CT molecular complexity index is 315. The highest BCUT2D eigenvalue weighted by Gasteiger charge is 2.11. The molecule has 1 heterocycles. The lowest BCUT2D eigenvalue weighted by Gasteiger charge is -2.23. The molecule has 98 valence electrons. The van der Waals surface area contributed by atoms with E-state index in [1.807, 2.05) is 18.0 Å². The van der Waals surface area contributed by atoms with Gasteiger partial charge in [-0.1, -0.05) is 5.21 Å². The third kappa shape index (κ3) is 5.06. The Hall–Kier alpha value is -0.590. The smallest absolute Gasteiger partial charge is 0.0967 e. The van der Waals surface area contributed by atoms with Crippen molar-refractivity contribution in [1.29, 1.82) is 0 Å². The zero-order valence-electron chi connectivity index (χ0n) is 11.0. The average molecular weight is 257 g/mol. The summed E-state index contributed by atoms with van der Waals surface area (Å²) in [6.07, 6.45) is 5.32. The minimum atomic E-state index is 0.571. The van der Waals surface area contributed by atoms with Crippen LogP contribution in [-0.2, 0) is 13.1 Å². The summed E-state index contributed by atoms with van der Waals surface area (Å²) in [5.74, 6) is 1.20. The van der Waals surface area contributed by atoms with Gasteiger partial charge in [-0.3, -0.25) is 9.58 Å². The Morgan fingerprint density at radius 2 is 2.35 bits per heavy atom. The topological polar surface area (TPSA) is 60.0 Å². The van der Waals surface area contributed by atoms with E-state index in [1.54, 1.807) is 4.68 Å². The van der Waals surface area contributed by atoms with Gasteiger partial charge in [-0.15, -0.1) is 5.10 Å². The maximum atomic E-state index is 5.47. The summed E-state index contributed by atoms with van der Waals surface area (Å²) in [4.78, 5) is 2.31. The molecule has 5 nitrogen and oxygen atoms in total. The first-order chi connectivity index (χ1) is 8.17. The van der Waals surface area contributed by atoms with Crippen LogP contribution in [0.4, 0.5) is 0 Å². The molecule has 0 radical (unpaired) electrons. The molecule has 17 heavy (non-hydrogen) atoms. The molecule has 0 aromatic carbocycles. The third-order valence-electron chi connectivity index (χ3n) is 2.85. The number of rotatable bonds is 8. The average Bonchev–Trinajstić information content (AvgIpc) is 2.74. The molecule has 0 aliphatic carbocycles. The number of hydrogen-bond donors (Lipinski definition) is 1. The van der Waals surface area contributed by atoms with Crippen molar-refractivity contribution < 1.29 is 0 Å². The summed E-state index contributed by atoms with van der Waals surface area (Å²) < 4.78 is 1.80. The molecule has 0 bridgehead atoms. The molecule has 0 amide bonds. The zero-order valence-corrected chi connectivity index (χ0v) is 11.8. The Kier molecular flexibility index (Phi) is 6.54. The van der Waals surface area contributed by atoms with Crippen molar-refractivity contribution in [2.24, 2.45) is 5.73 Å². The maximum Gasteiger partial charge on any atom is 0.0967 e. The fraction of sp³-hybridized carbons (Fsp3) is 0.818. The molecule has 2 N–H and O–H groups in total. The normalized spacial score (nSPS) is 13.2. The molecule has 0 saturated carbocycles. The van der Waals surface area contributed by atoms with Crippen molar-refractivity contribution in [3.63, 3.8) is 0 Å². The summed E-state index contributed by atoms with van der Waals surface area (Å²) >= 11 is 1.89. The van der Waals surface area contributed by atoms with Crippen molar-refractivity contribution in [2.45, 2.75) is 32.5 Å². The first-order valence-electron chi connectivity index (χ1n) is 5.95. The summed E-state index contributed by atoms with van der Waals surface area (Å²) in [5, 5.41) is 8.18. The van der Waals surface area contributed by atoms with E-state index >= 15 is 0 Å². The second-order valence-corrected chi connectivity index (χ2v) is 5.29. The van der Waals surface area contributed by atoms with Gasteiger partial charge < -0.3 is 5.73 Å². The fourth-order valence-corrected chi connectivity index (χ4v) is 2.15. The zero-order chi connectivity index (χ0) is 12.7. The van der Waals surface area contributed by atoms with Gasteiger partial charge in [0.15, 0.2) is 0 Å². The van der Waals surface area contributed by atoms with Gasteiger partial charge in [0.25, 0.3) is 0 Å². The summed E-state index contributed by atoms with van der Waals surface area (Å²) in [6.45, 7) is 4.43. The standard InChI is InChI=1S/C11H23N5S/c1-10(4-7-17-3)15(2)8-11-9-16(6-5-12)14-13-11/h9-10H,4-8,12H2,1-3H3. The van der Waals surface area contributed by atoms with Gasteiger partial charge in [-0.05, 0) is 32.4 Å². The van der Waals surface area contributed by atoms with Crippen LogP contribution in [0.2, 0.25) is 0 Å². The van der Waals surface area contributed by atoms with Gasteiger partial charge in [0.2, 0.25) is 0 Å². The molecule has 1 rings (SSSR count). The van der Waals surface area contributed by atoms with Crippen molar-refractivity contribution in [3.05, 3.63) is 11.9 Å². The molecule has 6 heteroatoms. The lowest BCUT2D eigenvalue weighted by molar-refractivity contribution is 0.242. The largest absolute Gasteiger partial charge is 0.329 e.